The summed E-state index contributed by atoms with van der Waals surface area (Å²) in [6.07, 6.45) is -3.12. The number of imide groups is 1. The third kappa shape index (κ3) is 3.90. The molecule has 0 unspecified atom stereocenters. The summed E-state index contributed by atoms with van der Waals surface area (Å²) in [7, 11) is 0. The number of pyridine rings is 1. The van der Waals surface area contributed by atoms with Crippen LogP contribution in [0.2, 0.25) is 0 Å². The van der Waals surface area contributed by atoms with Crippen LogP contribution in [0.4, 0.5) is 29.3 Å². The van der Waals surface area contributed by atoms with E-state index in [4.69, 9.17) is 5.26 Å². The van der Waals surface area contributed by atoms with Gasteiger partial charge in [0.05, 0.1) is 28.4 Å². The number of aromatic nitrogens is 1. The highest BCUT2D eigenvalue weighted by Gasteiger charge is 2.52. The van der Waals surface area contributed by atoms with Crippen LogP contribution >= 0.6 is 0 Å². The number of alkyl halides is 3. The first-order valence-corrected chi connectivity index (χ1v) is 10.4. The lowest BCUT2D eigenvalue weighted by Gasteiger charge is -2.28. The molecule has 2 aromatic carbocycles. The van der Waals surface area contributed by atoms with Gasteiger partial charge in [0, 0.05) is 30.4 Å². The number of carbonyl (C=O) groups excluding carboxylic acids is 2. The topological polar surface area (TPSA) is 89.3 Å². The zero-order chi connectivity index (χ0) is 24.7. The summed E-state index contributed by atoms with van der Waals surface area (Å²) >= 11 is 0. The number of nitriles is 1. The number of hydrogen-bond acceptors (Lipinski definition) is 5. The highest BCUT2D eigenvalue weighted by molar-refractivity contribution is 6.23. The van der Waals surface area contributed by atoms with Crippen molar-refractivity contribution in [3.8, 4) is 6.07 Å². The number of halogens is 3. The summed E-state index contributed by atoms with van der Waals surface area (Å²) < 4.78 is 40.2. The van der Waals surface area contributed by atoms with Crippen LogP contribution in [0.15, 0.2) is 54.7 Å². The van der Waals surface area contributed by atoms with E-state index in [9.17, 15) is 22.8 Å². The van der Waals surface area contributed by atoms with Gasteiger partial charge in [-0.3, -0.25) is 9.78 Å². The maximum absolute atomic E-state index is 13.4. The van der Waals surface area contributed by atoms with Gasteiger partial charge in [-0.1, -0.05) is 6.07 Å². The molecule has 0 saturated carbocycles. The van der Waals surface area contributed by atoms with Crippen molar-refractivity contribution >= 4 is 34.2 Å². The third-order valence-electron chi connectivity index (χ3n) is 5.81. The lowest BCUT2D eigenvalue weighted by atomic mass is 10.0. The van der Waals surface area contributed by atoms with E-state index in [-0.39, 0.29) is 12.2 Å². The number of anilines is 2. The Balaban J connectivity index is 1.57. The average molecular weight is 467 g/mol. The normalized spacial score (nSPS) is 15.6. The highest BCUT2D eigenvalue weighted by atomic mass is 19.4. The van der Waals surface area contributed by atoms with Crippen molar-refractivity contribution in [3.63, 3.8) is 0 Å². The van der Waals surface area contributed by atoms with Gasteiger partial charge in [0.25, 0.3) is 5.91 Å². The summed E-state index contributed by atoms with van der Waals surface area (Å²) in [5.74, 6) is -0.648. The van der Waals surface area contributed by atoms with Gasteiger partial charge in [0.2, 0.25) is 0 Å². The second kappa shape index (κ2) is 8.33. The maximum Gasteiger partial charge on any atom is 0.417 e. The molecule has 3 aromatic rings. The third-order valence-corrected chi connectivity index (χ3v) is 5.81. The van der Waals surface area contributed by atoms with Crippen LogP contribution in [0.3, 0.4) is 0 Å². The Hall–Kier alpha value is -4.13. The number of rotatable bonds is 5. The van der Waals surface area contributed by atoms with E-state index in [1.807, 2.05) is 30.3 Å². The molecule has 174 valence electrons. The first-order chi connectivity index (χ1) is 16.1. The minimum Gasteiger partial charge on any atom is -0.383 e. The van der Waals surface area contributed by atoms with Gasteiger partial charge in [-0.25, -0.2) is 9.69 Å². The number of hydrogen-bond donors (Lipinski definition) is 1. The number of carbonyl (C=O) groups is 2. The van der Waals surface area contributed by atoms with E-state index >= 15 is 0 Å². The number of nitrogens with zero attached hydrogens (tertiary/aromatic N) is 4. The molecule has 4 rings (SSSR count). The molecule has 1 aliphatic heterocycles. The van der Waals surface area contributed by atoms with Gasteiger partial charge < -0.3 is 10.2 Å². The molecule has 1 aliphatic rings. The van der Waals surface area contributed by atoms with Crippen molar-refractivity contribution in [2.75, 3.05) is 23.3 Å². The van der Waals surface area contributed by atoms with Crippen molar-refractivity contribution in [1.82, 2.24) is 9.88 Å². The van der Waals surface area contributed by atoms with E-state index in [1.54, 1.807) is 20.0 Å². The predicted octanol–water partition coefficient (Wildman–Crippen LogP) is 4.78. The molecule has 1 N–H and O–H groups in total. The van der Waals surface area contributed by atoms with Gasteiger partial charge in [-0.05, 0) is 56.3 Å². The molecular formula is C24H20F3N5O2. The highest BCUT2D eigenvalue weighted by Crippen LogP contribution is 2.37. The van der Waals surface area contributed by atoms with E-state index in [0.717, 1.165) is 27.6 Å². The molecule has 1 saturated heterocycles. The molecule has 0 bridgehead atoms. The van der Waals surface area contributed by atoms with Crippen LogP contribution < -0.4 is 10.2 Å². The number of fused-ring (bicyclic) bond motifs is 1. The quantitative estimate of drug-likeness (QED) is 0.546. The minimum atomic E-state index is -4.81. The zero-order valence-corrected chi connectivity index (χ0v) is 18.3. The molecule has 1 fully saturated rings. The summed E-state index contributed by atoms with van der Waals surface area (Å²) in [5, 5.41) is 13.1. The van der Waals surface area contributed by atoms with Crippen LogP contribution in [0.25, 0.3) is 10.9 Å². The lowest BCUT2D eigenvalue weighted by Crippen LogP contribution is -2.46. The fraction of sp³-hybridized carbons (Fsp3) is 0.250. The first-order valence-electron chi connectivity index (χ1n) is 10.4. The molecule has 0 atom stereocenters. The molecule has 10 heteroatoms. The van der Waals surface area contributed by atoms with Gasteiger partial charge in [-0.15, -0.1) is 0 Å². The second-order valence-electron chi connectivity index (χ2n) is 8.28. The molecule has 7 nitrogen and oxygen atoms in total. The van der Waals surface area contributed by atoms with E-state index in [0.29, 0.717) is 12.6 Å². The predicted molar refractivity (Wildman–Crippen MR) is 120 cm³/mol. The number of benzene rings is 2. The Labute approximate surface area is 193 Å². The Morgan fingerprint density at radius 1 is 1.12 bits per heavy atom. The van der Waals surface area contributed by atoms with Crippen molar-refractivity contribution < 1.29 is 22.8 Å². The Bertz CT molecular complexity index is 1320. The molecule has 2 heterocycles. The summed E-state index contributed by atoms with van der Waals surface area (Å²) in [6.45, 7) is 3.52. The number of urea groups is 1. The fourth-order valence-corrected chi connectivity index (χ4v) is 4.00. The van der Waals surface area contributed by atoms with Crippen molar-refractivity contribution in [2.24, 2.45) is 0 Å². The van der Waals surface area contributed by atoms with Gasteiger partial charge in [0.15, 0.2) is 0 Å². The maximum atomic E-state index is 13.4. The average Bonchev–Trinajstić information content (AvgIpc) is 2.97. The Morgan fingerprint density at radius 3 is 2.59 bits per heavy atom. The van der Waals surface area contributed by atoms with E-state index in [1.165, 1.54) is 17.0 Å². The van der Waals surface area contributed by atoms with Crippen LogP contribution in [0, 0.1) is 11.3 Å². The largest absolute Gasteiger partial charge is 0.417 e. The molecule has 0 spiro atoms. The second-order valence-corrected chi connectivity index (χ2v) is 8.28. The van der Waals surface area contributed by atoms with Gasteiger partial charge >= 0.3 is 12.2 Å². The van der Waals surface area contributed by atoms with Crippen LogP contribution in [-0.2, 0) is 11.0 Å². The number of nitrogens with one attached hydrogen (secondary N) is 1. The van der Waals surface area contributed by atoms with Crippen molar-refractivity contribution in [1.29, 1.82) is 5.26 Å². The van der Waals surface area contributed by atoms with Crippen molar-refractivity contribution in [3.05, 3.63) is 65.9 Å². The Kier molecular flexibility index (Phi) is 5.65. The molecular weight excluding hydrogens is 447 g/mol. The SMILES string of the molecule is CC1(C)C(=O)N(c2ccc(C#N)c(C(F)(F)F)c2)C(=O)N1CCNc1cccc2ncccc12. The Morgan fingerprint density at radius 2 is 1.88 bits per heavy atom. The molecule has 3 amide bonds. The molecule has 0 radical (unpaired) electrons. The summed E-state index contributed by atoms with van der Waals surface area (Å²) in [6, 6.07) is 12.9. The monoisotopic (exact) mass is 467 g/mol. The lowest BCUT2D eigenvalue weighted by molar-refractivity contribution is -0.137. The molecule has 0 aliphatic carbocycles. The summed E-state index contributed by atoms with van der Waals surface area (Å²) in [5.41, 5.74) is -1.68. The smallest absolute Gasteiger partial charge is 0.383 e. The van der Waals surface area contributed by atoms with Crippen LogP contribution in [-0.4, -0.2) is 40.5 Å². The molecule has 1 aromatic heterocycles. The van der Waals surface area contributed by atoms with Gasteiger partial charge in [-0.2, -0.15) is 18.4 Å². The van der Waals surface area contributed by atoms with Crippen molar-refractivity contribution in [2.45, 2.75) is 25.6 Å². The standard InChI is InChI=1S/C24H20F3N5O2/c1-23(2)21(33)32(16-9-8-15(14-28)18(13-16)24(25,26)27)22(34)31(23)12-11-30-20-7-3-6-19-17(20)5-4-10-29-19/h3-10,13,30H,11-12H2,1-2H3. The summed E-state index contributed by atoms with van der Waals surface area (Å²) in [4.78, 5) is 32.6. The van der Waals surface area contributed by atoms with Gasteiger partial charge in [0.1, 0.15) is 5.54 Å². The number of amides is 3. The van der Waals surface area contributed by atoms with E-state index < -0.39 is 34.8 Å². The minimum absolute atomic E-state index is 0.132. The van der Waals surface area contributed by atoms with Crippen LogP contribution in [0.5, 0.6) is 0 Å². The fourth-order valence-electron chi connectivity index (χ4n) is 4.00. The van der Waals surface area contributed by atoms with E-state index in [2.05, 4.69) is 10.3 Å². The molecule has 34 heavy (non-hydrogen) atoms. The first kappa shape index (κ1) is 23.0. The zero-order valence-electron chi connectivity index (χ0n) is 18.3. The van der Waals surface area contributed by atoms with Crippen LogP contribution in [0.1, 0.15) is 25.0 Å².